The molecule has 16 nitrogen and oxygen atoms in total. The molecule has 0 saturated carbocycles. The van der Waals surface area contributed by atoms with Gasteiger partial charge in [0.25, 0.3) is 5.91 Å². The molecule has 4 aromatic rings. The molecule has 3 fully saturated rings. The molecule has 4 aliphatic rings. The molecule has 0 radical (unpaired) electrons. The quantitative estimate of drug-likeness (QED) is 0.184. The Labute approximate surface area is 394 Å². The van der Waals surface area contributed by atoms with Crippen molar-refractivity contribution in [2.45, 2.75) is 103 Å². The second-order valence-corrected chi connectivity index (χ2v) is 22.5. The van der Waals surface area contributed by atoms with Gasteiger partial charge in [0.05, 0.1) is 60.0 Å². The summed E-state index contributed by atoms with van der Waals surface area (Å²) in [7, 11) is 4.03. The standard InChI is InChI=1S/C48H67N9O7SSi/c1-10-56-37-16-15-31-21-33(37)34(42(56)32-13-11-17-49-40(32)30(4)62-9)23-47(5,6)28-63-45(60)38-14-12-18-57(52-66-38)44(59)35(22-39-50-36(31)24-65-39)51-43(58)41(29(2)3)54(8)46(61)55-26-48(27-55)25-53(7)19-20-64-48/h11,13,15-17,21,24,29-30,35,38,41,52H,10,12,14,18-20,22-23,25-28,66H2,1-9H3,(H,51,58)/t30-,35-,38-,41-/m0/s1. The number of carbonyl (C=O) groups is 4. The van der Waals surface area contributed by atoms with Gasteiger partial charge in [-0.15, -0.1) is 11.3 Å². The Morgan fingerprint density at radius 2 is 1.92 bits per heavy atom. The second kappa shape index (κ2) is 19.5. The maximum Gasteiger partial charge on any atom is 0.320 e. The number of benzene rings is 1. The predicted molar refractivity (Wildman–Crippen MR) is 257 cm³/mol. The highest BCUT2D eigenvalue weighted by Gasteiger charge is 2.50. The van der Waals surface area contributed by atoms with Gasteiger partial charge in [-0.05, 0) is 75.9 Å². The number of nitrogens with zero attached hydrogens (tertiary/aromatic N) is 7. The number of hydrogen-bond donors (Lipinski definition) is 2. The van der Waals surface area contributed by atoms with Gasteiger partial charge in [0, 0.05) is 85.8 Å². The smallest absolute Gasteiger partial charge is 0.320 e. The Balaban J connectivity index is 1.14. The zero-order valence-electron chi connectivity index (χ0n) is 40.0. The van der Waals surface area contributed by atoms with Crippen LogP contribution >= 0.6 is 11.3 Å². The molecule has 18 heteroatoms. The number of urea groups is 1. The molecule has 0 unspecified atom stereocenters. The molecule has 2 N–H and O–H groups in total. The molecular formula is C48H67N9O7SSi. The summed E-state index contributed by atoms with van der Waals surface area (Å²) < 4.78 is 20.5. The Bertz CT molecular complexity index is 2450. The van der Waals surface area contributed by atoms with E-state index in [4.69, 9.17) is 24.2 Å². The number of methoxy groups -OCH3 is 1. The van der Waals surface area contributed by atoms with E-state index in [2.05, 4.69) is 72.0 Å². The summed E-state index contributed by atoms with van der Waals surface area (Å²) in [6.07, 6.45) is 3.50. The number of esters is 1. The van der Waals surface area contributed by atoms with E-state index in [1.54, 1.807) is 30.3 Å². The largest absolute Gasteiger partial charge is 0.465 e. The maximum absolute atomic E-state index is 14.7. The van der Waals surface area contributed by atoms with Crippen molar-refractivity contribution in [3.63, 3.8) is 0 Å². The van der Waals surface area contributed by atoms with Crippen LogP contribution < -0.4 is 10.4 Å². The van der Waals surface area contributed by atoms with Gasteiger partial charge in [0.1, 0.15) is 27.4 Å². The third kappa shape index (κ3) is 9.67. The van der Waals surface area contributed by atoms with Gasteiger partial charge in [0.2, 0.25) is 5.91 Å². The lowest BCUT2D eigenvalue weighted by molar-refractivity contribution is -0.169. The number of likely N-dealkylation sites (N-methyl/N-ethyl adjacent to an activating group) is 2. The van der Waals surface area contributed by atoms with E-state index in [9.17, 15) is 19.2 Å². The molecule has 4 aliphatic heterocycles. The Kier molecular flexibility index (Phi) is 14.1. The highest BCUT2D eigenvalue weighted by Crippen LogP contribution is 2.42. The maximum atomic E-state index is 14.7. The van der Waals surface area contributed by atoms with Crippen molar-refractivity contribution in [1.82, 2.24) is 44.7 Å². The van der Waals surface area contributed by atoms with Crippen LogP contribution in [-0.2, 0) is 48.0 Å². The molecule has 7 heterocycles. The number of nitrogens with one attached hydrogen (secondary N) is 2. The molecule has 0 aliphatic carbocycles. The van der Waals surface area contributed by atoms with E-state index < -0.39 is 33.1 Å². The van der Waals surface area contributed by atoms with Gasteiger partial charge < -0.3 is 38.8 Å². The van der Waals surface area contributed by atoms with Crippen molar-refractivity contribution >= 4 is 55.7 Å². The van der Waals surface area contributed by atoms with Crippen molar-refractivity contribution in [1.29, 1.82) is 0 Å². The number of thiazole rings is 1. The number of hydrazine groups is 1. The number of fused-ring (bicyclic) bond motifs is 7. The molecular weight excluding hydrogens is 875 g/mol. The number of cyclic esters (lactones) is 1. The van der Waals surface area contributed by atoms with Crippen LogP contribution in [0.1, 0.15) is 76.8 Å². The lowest BCUT2D eigenvalue weighted by atomic mass is 9.84. The number of carbonyl (C=O) groups excluding carboxylic acids is 4. The van der Waals surface area contributed by atoms with Crippen molar-refractivity contribution in [3.8, 4) is 22.5 Å². The molecule has 4 amide bonds. The second-order valence-electron chi connectivity index (χ2n) is 19.9. The highest BCUT2D eigenvalue weighted by molar-refractivity contribution is 7.10. The molecule has 6 bridgehead atoms. The molecule has 8 rings (SSSR count). The fourth-order valence-corrected chi connectivity index (χ4v) is 12.7. The lowest BCUT2D eigenvalue weighted by Crippen LogP contribution is -2.72. The lowest BCUT2D eigenvalue weighted by Gasteiger charge is -2.54. The van der Waals surface area contributed by atoms with E-state index >= 15 is 0 Å². The Morgan fingerprint density at radius 3 is 2.65 bits per heavy atom. The average molecular weight is 942 g/mol. The monoisotopic (exact) mass is 941 g/mol. The summed E-state index contributed by atoms with van der Waals surface area (Å²) in [6.45, 7) is 16.7. The van der Waals surface area contributed by atoms with Gasteiger partial charge in [-0.1, -0.05) is 33.8 Å². The SMILES string of the molecule is CCn1c(-c2cccnc2[C@H](C)OC)c2c3cc(ccc31)-c1csc(n1)C[C@H](NC(=O)[C@H](C(C)C)N(C)C(=O)N1CC3(CN(C)CCO3)C1)C(=O)N1CCC[C@H]([SiH2]N1)C(=O)OCC(C)(C)C2. The minimum Gasteiger partial charge on any atom is -0.465 e. The summed E-state index contributed by atoms with van der Waals surface area (Å²) in [5.74, 6) is -1.23. The van der Waals surface area contributed by atoms with Crippen molar-refractivity contribution < 1.29 is 33.4 Å². The third-order valence-corrected chi connectivity index (χ3v) is 16.4. The fourth-order valence-electron chi connectivity index (χ4n) is 10.3. The average Bonchev–Trinajstić information content (AvgIpc) is 3.77. The molecule has 4 atom stereocenters. The summed E-state index contributed by atoms with van der Waals surface area (Å²) in [6, 6.07) is 8.40. The highest BCUT2D eigenvalue weighted by atomic mass is 32.1. The number of hydrogen-bond acceptors (Lipinski definition) is 12. The number of likely N-dealkylation sites (tertiary alicyclic amines) is 1. The van der Waals surface area contributed by atoms with Crippen LogP contribution in [0, 0.1) is 11.3 Å². The number of aromatic nitrogens is 3. The summed E-state index contributed by atoms with van der Waals surface area (Å²) in [5.41, 5.74) is 5.60. The minimum atomic E-state index is -1.38. The topological polar surface area (TPSA) is 164 Å². The molecule has 66 heavy (non-hydrogen) atoms. The number of ether oxygens (including phenoxy) is 3. The fraction of sp³-hybridized carbons (Fsp3) is 0.583. The van der Waals surface area contributed by atoms with E-state index in [-0.39, 0.29) is 54.1 Å². The first kappa shape index (κ1) is 47.8. The van der Waals surface area contributed by atoms with Crippen LogP contribution in [0.3, 0.4) is 0 Å². The minimum absolute atomic E-state index is 0.141. The van der Waals surface area contributed by atoms with Crippen molar-refractivity contribution in [3.05, 3.63) is 58.2 Å². The Hall–Kier alpha value is -4.72. The van der Waals surface area contributed by atoms with Crippen LogP contribution in [0.25, 0.3) is 33.4 Å². The summed E-state index contributed by atoms with van der Waals surface area (Å²) in [4.78, 5) is 72.4. The molecule has 3 aromatic heterocycles. The van der Waals surface area contributed by atoms with Crippen LogP contribution in [-0.4, -0.2) is 153 Å². The van der Waals surface area contributed by atoms with Gasteiger partial charge in [-0.3, -0.25) is 29.5 Å². The number of amides is 4. The van der Waals surface area contributed by atoms with Crippen LogP contribution in [0.5, 0.6) is 0 Å². The van der Waals surface area contributed by atoms with Gasteiger partial charge in [-0.25, -0.2) is 9.78 Å². The van der Waals surface area contributed by atoms with Gasteiger partial charge in [-0.2, -0.15) is 0 Å². The van der Waals surface area contributed by atoms with Crippen LogP contribution in [0.2, 0.25) is 5.54 Å². The number of pyridine rings is 1. The summed E-state index contributed by atoms with van der Waals surface area (Å²) >= 11 is 1.45. The van der Waals surface area contributed by atoms with Gasteiger partial charge >= 0.3 is 12.0 Å². The third-order valence-electron chi connectivity index (χ3n) is 13.8. The number of aryl methyl sites for hydroxylation is 1. The molecule has 1 spiro atoms. The Morgan fingerprint density at radius 1 is 1.14 bits per heavy atom. The normalized spacial score (nSPS) is 22.7. The number of rotatable bonds is 8. The molecule has 3 saturated heterocycles. The van der Waals surface area contributed by atoms with E-state index in [0.29, 0.717) is 57.1 Å². The van der Waals surface area contributed by atoms with E-state index in [1.807, 2.05) is 32.2 Å². The zero-order chi connectivity index (χ0) is 47.1. The van der Waals surface area contributed by atoms with E-state index in [1.165, 1.54) is 16.2 Å². The van der Waals surface area contributed by atoms with Crippen LogP contribution in [0.15, 0.2) is 41.9 Å². The van der Waals surface area contributed by atoms with Crippen molar-refractivity contribution in [2.24, 2.45) is 11.3 Å². The zero-order valence-corrected chi connectivity index (χ0v) is 42.2. The van der Waals surface area contributed by atoms with Crippen LogP contribution in [0.4, 0.5) is 4.79 Å². The first-order valence-corrected chi connectivity index (χ1v) is 25.9. The van der Waals surface area contributed by atoms with Crippen molar-refractivity contribution in [2.75, 3.05) is 67.1 Å². The number of morpholine rings is 1. The first-order valence-electron chi connectivity index (χ1n) is 23.5. The first-order chi connectivity index (χ1) is 31.5. The summed E-state index contributed by atoms with van der Waals surface area (Å²) in [5, 5.41) is 11.8. The van der Waals surface area contributed by atoms with E-state index in [0.717, 1.165) is 57.8 Å². The molecule has 356 valence electrons. The predicted octanol–water partition coefficient (Wildman–Crippen LogP) is 4.80. The van der Waals surface area contributed by atoms with Gasteiger partial charge in [0.15, 0.2) is 0 Å². The molecule has 1 aromatic carbocycles.